The molecule has 1 aliphatic carbocycles. The Hall–Kier alpha value is -2.22. The number of hydrogen-bond donors (Lipinski definition) is 0. The van der Waals surface area contributed by atoms with Crippen molar-refractivity contribution in [2.75, 3.05) is 0 Å². The van der Waals surface area contributed by atoms with Gasteiger partial charge in [0.15, 0.2) is 5.78 Å². The third kappa shape index (κ3) is 3.76. The van der Waals surface area contributed by atoms with E-state index < -0.39 is 0 Å². The molecule has 3 rings (SSSR count). The number of halogens is 1. The quantitative estimate of drug-likeness (QED) is 0.678. The van der Waals surface area contributed by atoms with Gasteiger partial charge in [-0.15, -0.1) is 0 Å². The van der Waals surface area contributed by atoms with Crippen LogP contribution in [0.2, 0.25) is 0 Å². The first-order chi connectivity index (χ1) is 11.1. The second kappa shape index (κ2) is 6.91. The number of ketones is 1. The van der Waals surface area contributed by atoms with Crippen LogP contribution in [0, 0.1) is 5.82 Å². The highest BCUT2D eigenvalue weighted by Gasteiger charge is 2.12. The molecule has 118 valence electrons. The highest BCUT2D eigenvalue weighted by atomic mass is 19.1. The van der Waals surface area contributed by atoms with Crippen molar-refractivity contribution in [2.45, 2.75) is 38.5 Å². The number of hydrogen-bond acceptors (Lipinski definition) is 1. The molecular formula is C21H21FO. The minimum atomic E-state index is -0.371. The molecule has 0 spiro atoms. The van der Waals surface area contributed by atoms with Crippen LogP contribution in [0.1, 0.15) is 52.7 Å². The van der Waals surface area contributed by atoms with Crippen molar-refractivity contribution in [1.29, 1.82) is 0 Å². The van der Waals surface area contributed by atoms with E-state index in [-0.39, 0.29) is 11.6 Å². The summed E-state index contributed by atoms with van der Waals surface area (Å²) >= 11 is 0. The van der Waals surface area contributed by atoms with Gasteiger partial charge in [0, 0.05) is 12.0 Å². The smallest absolute Gasteiger partial charge is 0.163 e. The number of allylic oxidation sites excluding steroid dienone is 1. The number of aryl methyl sites for hydroxylation is 2. The maximum atomic E-state index is 13.2. The molecule has 0 heterocycles. The van der Waals surface area contributed by atoms with Crippen molar-refractivity contribution >= 4 is 11.4 Å². The van der Waals surface area contributed by atoms with Crippen molar-refractivity contribution in [1.82, 2.24) is 0 Å². The number of fused-ring (bicyclic) bond motifs is 1. The van der Waals surface area contributed by atoms with E-state index in [2.05, 4.69) is 24.8 Å². The summed E-state index contributed by atoms with van der Waals surface area (Å²) in [5.41, 5.74) is 5.40. The van der Waals surface area contributed by atoms with Gasteiger partial charge in [-0.2, -0.15) is 0 Å². The summed E-state index contributed by atoms with van der Waals surface area (Å²) in [4.78, 5) is 12.2. The van der Waals surface area contributed by atoms with Crippen LogP contribution in [0.5, 0.6) is 0 Å². The largest absolute Gasteiger partial charge is 0.294 e. The van der Waals surface area contributed by atoms with Crippen LogP contribution >= 0.6 is 0 Å². The van der Waals surface area contributed by atoms with Gasteiger partial charge in [-0.05, 0) is 66.5 Å². The van der Waals surface area contributed by atoms with Gasteiger partial charge in [0.25, 0.3) is 0 Å². The van der Waals surface area contributed by atoms with Crippen molar-refractivity contribution in [3.05, 3.63) is 77.1 Å². The molecule has 0 aromatic heterocycles. The van der Waals surface area contributed by atoms with Gasteiger partial charge in [-0.25, -0.2) is 4.39 Å². The summed E-state index contributed by atoms with van der Waals surface area (Å²) in [5.74, 6) is -0.409. The van der Waals surface area contributed by atoms with Crippen molar-refractivity contribution in [2.24, 2.45) is 0 Å². The lowest BCUT2D eigenvalue weighted by Gasteiger charge is -2.17. The molecule has 0 amide bonds. The molecule has 0 aliphatic heterocycles. The molecule has 0 bridgehead atoms. The van der Waals surface area contributed by atoms with Gasteiger partial charge < -0.3 is 0 Å². The van der Waals surface area contributed by atoms with Crippen LogP contribution in [0.4, 0.5) is 4.39 Å². The first kappa shape index (κ1) is 15.7. The lowest BCUT2D eigenvalue weighted by molar-refractivity contribution is 0.0984. The van der Waals surface area contributed by atoms with Crippen molar-refractivity contribution in [3.8, 4) is 0 Å². The summed E-state index contributed by atoms with van der Waals surface area (Å²) in [6, 6.07) is 12.4. The lowest BCUT2D eigenvalue weighted by Crippen LogP contribution is -2.03. The fourth-order valence-electron chi connectivity index (χ4n) is 3.17. The monoisotopic (exact) mass is 308 g/mol. The summed E-state index contributed by atoms with van der Waals surface area (Å²) in [6.07, 6.45) is 5.79. The van der Waals surface area contributed by atoms with Gasteiger partial charge in [0.05, 0.1) is 0 Å². The molecule has 1 aliphatic rings. The molecule has 0 fully saturated rings. The second-order valence-electron chi connectivity index (χ2n) is 6.23. The average Bonchev–Trinajstić information content (AvgIpc) is 2.59. The van der Waals surface area contributed by atoms with Crippen LogP contribution in [0.3, 0.4) is 0 Å². The van der Waals surface area contributed by atoms with E-state index in [1.165, 1.54) is 42.5 Å². The van der Waals surface area contributed by atoms with Crippen LogP contribution in [0.15, 0.2) is 49.0 Å². The SMILES string of the molecule is C=C(CCC(=O)c1cccc(F)c1)c1ccc2c(c1)CCCC2. The topological polar surface area (TPSA) is 17.1 Å². The van der Waals surface area contributed by atoms with E-state index in [9.17, 15) is 9.18 Å². The summed E-state index contributed by atoms with van der Waals surface area (Å²) in [6.45, 7) is 4.13. The lowest BCUT2D eigenvalue weighted by atomic mass is 9.88. The van der Waals surface area contributed by atoms with Gasteiger partial charge in [0.1, 0.15) is 5.82 Å². The molecule has 0 unspecified atom stereocenters. The third-order valence-corrected chi connectivity index (χ3v) is 4.56. The highest BCUT2D eigenvalue weighted by molar-refractivity contribution is 5.96. The van der Waals surface area contributed by atoms with Crippen molar-refractivity contribution < 1.29 is 9.18 Å². The van der Waals surface area contributed by atoms with Crippen LogP contribution in [0.25, 0.3) is 5.57 Å². The maximum Gasteiger partial charge on any atom is 0.163 e. The molecule has 2 aromatic carbocycles. The fourth-order valence-corrected chi connectivity index (χ4v) is 3.17. The van der Waals surface area contributed by atoms with Crippen LogP contribution < -0.4 is 0 Å². The number of carbonyl (C=O) groups is 1. The predicted molar refractivity (Wildman–Crippen MR) is 92.1 cm³/mol. The zero-order chi connectivity index (χ0) is 16.2. The Morgan fingerprint density at radius 3 is 2.52 bits per heavy atom. The Balaban J connectivity index is 1.64. The molecule has 0 radical (unpaired) electrons. The summed E-state index contributed by atoms with van der Waals surface area (Å²) in [5, 5.41) is 0. The van der Waals surface area contributed by atoms with Crippen LogP contribution in [-0.2, 0) is 12.8 Å². The number of Topliss-reactive ketones (excluding diaryl/α,β-unsaturated/α-hetero) is 1. The summed E-state index contributed by atoms with van der Waals surface area (Å²) < 4.78 is 13.2. The first-order valence-corrected chi connectivity index (χ1v) is 8.22. The second-order valence-corrected chi connectivity index (χ2v) is 6.23. The van der Waals surface area contributed by atoms with Gasteiger partial charge >= 0.3 is 0 Å². The Labute approximate surface area is 136 Å². The Morgan fingerprint density at radius 1 is 0.957 bits per heavy atom. The fraction of sp³-hybridized carbons (Fsp3) is 0.286. The number of benzene rings is 2. The molecule has 0 saturated carbocycles. The highest BCUT2D eigenvalue weighted by Crippen LogP contribution is 2.26. The van der Waals surface area contributed by atoms with E-state index in [1.54, 1.807) is 12.1 Å². The average molecular weight is 308 g/mol. The third-order valence-electron chi connectivity index (χ3n) is 4.56. The normalized spacial score (nSPS) is 13.4. The Kier molecular flexibility index (Phi) is 4.71. The molecule has 1 nitrogen and oxygen atoms in total. The van der Waals surface area contributed by atoms with E-state index in [1.807, 2.05) is 0 Å². The van der Waals surface area contributed by atoms with E-state index in [0.717, 1.165) is 17.6 Å². The standard InChI is InChI=1S/C21H21FO/c1-15(9-12-21(23)19-7-4-8-20(22)14-19)17-11-10-16-5-2-3-6-18(16)13-17/h4,7-8,10-11,13-14H,1-3,5-6,9,12H2. The number of carbonyl (C=O) groups excluding carboxylic acids is 1. The molecular weight excluding hydrogens is 287 g/mol. The Bertz CT molecular complexity index is 745. The zero-order valence-electron chi connectivity index (χ0n) is 13.3. The minimum Gasteiger partial charge on any atom is -0.294 e. The zero-order valence-corrected chi connectivity index (χ0v) is 13.3. The van der Waals surface area contributed by atoms with E-state index in [4.69, 9.17) is 0 Å². The predicted octanol–water partition coefficient (Wildman–Crippen LogP) is 5.38. The molecule has 0 saturated heterocycles. The van der Waals surface area contributed by atoms with Gasteiger partial charge in [-0.1, -0.05) is 36.9 Å². The van der Waals surface area contributed by atoms with Gasteiger partial charge in [0.2, 0.25) is 0 Å². The minimum absolute atomic E-state index is 0.0383. The molecule has 0 N–H and O–H groups in total. The van der Waals surface area contributed by atoms with E-state index in [0.29, 0.717) is 18.4 Å². The molecule has 2 aromatic rings. The van der Waals surface area contributed by atoms with E-state index >= 15 is 0 Å². The Morgan fingerprint density at radius 2 is 1.74 bits per heavy atom. The van der Waals surface area contributed by atoms with Gasteiger partial charge in [-0.3, -0.25) is 4.79 Å². The first-order valence-electron chi connectivity index (χ1n) is 8.22. The maximum absolute atomic E-state index is 13.2. The molecule has 0 atom stereocenters. The van der Waals surface area contributed by atoms with Crippen molar-refractivity contribution in [3.63, 3.8) is 0 Å². The number of rotatable bonds is 5. The van der Waals surface area contributed by atoms with Crippen LogP contribution in [-0.4, -0.2) is 5.78 Å². The summed E-state index contributed by atoms with van der Waals surface area (Å²) in [7, 11) is 0. The molecule has 23 heavy (non-hydrogen) atoms. The molecule has 2 heteroatoms.